The first-order valence-corrected chi connectivity index (χ1v) is 14.3. The molecule has 1 aliphatic carbocycles. The van der Waals surface area contributed by atoms with Gasteiger partial charge in [-0.25, -0.2) is 0 Å². The predicted octanol–water partition coefficient (Wildman–Crippen LogP) is -4.31. The topological polar surface area (TPSA) is 0 Å². The van der Waals surface area contributed by atoms with Crippen LogP contribution in [-0.2, 0) is 20.4 Å². The van der Waals surface area contributed by atoms with Crippen molar-refractivity contribution in [1.29, 1.82) is 0 Å². The molecule has 5 heteroatoms. The van der Waals surface area contributed by atoms with Gasteiger partial charge in [0.25, 0.3) is 0 Å². The third-order valence-electron chi connectivity index (χ3n) is 7.08. The third kappa shape index (κ3) is 4.43. The minimum atomic E-state index is -2.52. The van der Waals surface area contributed by atoms with Crippen molar-refractivity contribution in [3.8, 4) is 11.1 Å². The molecule has 36 heavy (non-hydrogen) atoms. The number of rotatable bonds is 4. The monoisotopic (exact) mass is 576 g/mol. The number of halogens is 3. The van der Waals surface area contributed by atoms with Crippen molar-refractivity contribution in [2.45, 2.75) is 5.54 Å². The predicted molar refractivity (Wildman–Crippen MR) is 137 cm³/mol. The van der Waals surface area contributed by atoms with E-state index in [0.29, 0.717) is 5.54 Å². The first-order valence-electron chi connectivity index (χ1n) is 11.4. The van der Waals surface area contributed by atoms with Crippen LogP contribution in [0.25, 0.3) is 11.1 Å². The fraction of sp³-hybridized carbons (Fsp3) is 0.0323. The zero-order valence-corrected chi connectivity index (χ0v) is 24.2. The van der Waals surface area contributed by atoms with Crippen molar-refractivity contribution in [1.82, 2.24) is 0 Å². The maximum absolute atomic E-state index is 2.52. The first-order chi connectivity index (χ1) is 16.3. The van der Waals surface area contributed by atoms with Crippen LogP contribution in [0.1, 0.15) is 16.7 Å². The Balaban J connectivity index is 0.00000120. The quantitative estimate of drug-likeness (QED) is 0.150. The average Bonchev–Trinajstić information content (AvgIpc) is 3.23. The van der Waals surface area contributed by atoms with E-state index in [0.717, 1.165) is 0 Å². The number of hydrogen-bond donors (Lipinski definition) is 0. The van der Waals surface area contributed by atoms with E-state index in [1.54, 1.807) is 0 Å². The Bertz CT molecular complexity index is 1330. The molecule has 1 atom stereocenters. The van der Waals surface area contributed by atoms with Gasteiger partial charge in [-0.05, 0) is 0 Å². The Labute approximate surface area is 244 Å². The summed E-state index contributed by atoms with van der Waals surface area (Å²) >= 11 is 2.29. The SMILES string of the molecule is [Cl-].[Cl-].[Cl-].[Ti+3][c]1cccc2c1C([Si](c1ccccc1)(c1ccccc1)c1ccccc1)c1ccccc1-2. The van der Waals surface area contributed by atoms with E-state index in [4.69, 9.17) is 0 Å². The number of benzene rings is 5. The van der Waals surface area contributed by atoms with Crippen molar-refractivity contribution in [3.63, 3.8) is 0 Å². The molecule has 6 rings (SSSR count). The van der Waals surface area contributed by atoms with Gasteiger partial charge in [0.15, 0.2) is 0 Å². The second-order valence-corrected chi connectivity index (χ2v) is 13.5. The molecule has 176 valence electrons. The summed E-state index contributed by atoms with van der Waals surface area (Å²) in [6.07, 6.45) is 0. The number of hydrogen-bond acceptors (Lipinski definition) is 0. The van der Waals surface area contributed by atoms with E-state index < -0.39 is 8.07 Å². The molecular weight excluding hydrogens is 555 g/mol. The van der Waals surface area contributed by atoms with Crippen LogP contribution in [0.5, 0.6) is 0 Å². The molecule has 0 bridgehead atoms. The van der Waals surface area contributed by atoms with Crippen LogP contribution in [0, 0.1) is 0 Å². The van der Waals surface area contributed by atoms with Gasteiger partial charge in [-0.3, -0.25) is 0 Å². The summed E-state index contributed by atoms with van der Waals surface area (Å²) in [5.74, 6) is 0. The van der Waals surface area contributed by atoms with Gasteiger partial charge in [-0.15, -0.1) is 0 Å². The van der Waals surface area contributed by atoms with Gasteiger partial charge in [0.1, 0.15) is 0 Å². The maximum atomic E-state index is 2.37. The molecule has 0 saturated heterocycles. The standard InChI is InChI=1S/C31H23Si.3ClH.Ti/c1-4-14-24(15-5-1)32(25-16-6-2-7-17-25,26-18-8-3-9-19-26)31-29-22-12-10-20-27(29)28-21-11-13-23-30(28)31;;;;/h1-22,31H;3*1H;/q;;;;+3/p-3. The van der Waals surface area contributed by atoms with Crippen LogP contribution in [0.2, 0.25) is 0 Å². The summed E-state index contributed by atoms with van der Waals surface area (Å²) in [7, 11) is -2.52. The van der Waals surface area contributed by atoms with E-state index in [2.05, 4.69) is 154 Å². The molecule has 0 nitrogen and oxygen atoms in total. The Morgan fingerprint density at radius 1 is 0.444 bits per heavy atom. The summed E-state index contributed by atoms with van der Waals surface area (Å²) in [5, 5.41) is 4.37. The molecule has 0 aromatic heterocycles. The molecule has 1 aliphatic rings. The van der Waals surface area contributed by atoms with Crippen molar-refractivity contribution < 1.29 is 57.7 Å². The normalized spacial score (nSPS) is 13.3. The van der Waals surface area contributed by atoms with E-state index in [9.17, 15) is 0 Å². The molecule has 0 saturated carbocycles. The molecule has 5 aromatic rings. The minimum absolute atomic E-state index is 0. The van der Waals surface area contributed by atoms with Gasteiger partial charge in [0.05, 0.1) is 0 Å². The van der Waals surface area contributed by atoms with Gasteiger partial charge in [0, 0.05) is 0 Å². The molecule has 0 radical (unpaired) electrons. The summed E-state index contributed by atoms with van der Waals surface area (Å²) in [6, 6.07) is 49.8. The van der Waals surface area contributed by atoms with E-state index in [-0.39, 0.29) is 37.2 Å². The van der Waals surface area contributed by atoms with Crippen LogP contribution in [0.15, 0.2) is 133 Å². The average molecular weight is 578 g/mol. The van der Waals surface area contributed by atoms with Gasteiger partial charge in [-0.2, -0.15) is 0 Å². The van der Waals surface area contributed by atoms with Gasteiger partial charge in [0.2, 0.25) is 0 Å². The molecule has 0 fully saturated rings. The van der Waals surface area contributed by atoms with Crippen molar-refractivity contribution in [3.05, 3.63) is 145 Å². The zero-order chi connectivity index (χ0) is 22.3. The number of fused-ring (bicyclic) bond motifs is 3. The second-order valence-electron chi connectivity index (χ2n) is 8.69. The summed E-state index contributed by atoms with van der Waals surface area (Å²) in [5.41, 5.74) is 6.06. The second kappa shape index (κ2) is 12.0. The molecule has 0 N–H and O–H groups in total. The van der Waals surface area contributed by atoms with Crippen LogP contribution in [0.4, 0.5) is 0 Å². The molecule has 0 amide bonds. The van der Waals surface area contributed by atoms with Crippen LogP contribution >= 0.6 is 0 Å². The van der Waals surface area contributed by atoms with E-state index in [1.165, 1.54) is 41.7 Å². The third-order valence-corrected chi connectivity index (χ3v) is 13.0. The molecule has 5 aromatic carbocycles. The van der Waals surface area contributed by atoms with Crippen molar-refractivity contribution in [2.24, 2.45) is 0 Å². The Hall–Kier alpha value is -2.10. The zero-order valence-electron chi connectivity index (χ0n) is 19.4. The van der Waals surface area contributed by atoms with Gasteiger partial charge >= 0.3 is 209 Å². The van der Waals surface area contributed by atoms with Gasteiger partial charge < -0.3 is 37.2 Å². The van der Waals surface area contributed by atoms with Crippen LogP contribution in [0.3, 0.4) is 0 Å². The van der Waals surface area contributed by atoms with E-state index >= 15 is 0 Å². The molecular formula is C31H23Cl3SiTi. The van der Waals surface area contributed by atoms with Crippen molar-refractivity contribution >= 4 is 27.5 Å². The first kappa shape index (κ1) is 28.5. The Morgan fingerprint density at radius 3 is 1.36 bits per heavy atom. The summed E-state index contributed by atoms with van der Waals surface area (Å²) in [6.45, 7) is 0. The summed E-state index contributed by atoms with van der Waals surface area (Å²) in [4.78, 5) is 0. The Kier molecular flexibility index (Phi) is 9.46. The fourth-order valence-corrected chi connectivity index (χ4v) is 12.2. The molecule has 0 spiro atoms. The molecule has 0 heterocycles. The van der Waals surface area contributed by atoms with Gasteiger partial charge in [-0.1, -0.05) is 0 Å². The molecule has 0 aliphatic heterocycles. The summed E-state index contributed by atoms with van der Waals surface area (Å²) < 4.78 is 1.38. The Morgan fingerprint density at radius 2 is 0.861 bits per heavy atom. The molecule has 1 unspecified atom stereocenters. The van der Waals surface area contributed by atoms with Crippen molar-refractivity contribution in [2.75, 3.05) is 0 Å². The van der Waals surface area contributed by atoms with Crippen LogP contribution in [-0.4, -0.2) is 8.07 Å². The van der Waals surface area contributed by atoms with Crippen LogP contribution < -0.4 is 56.6 Å². The fourth-order valence-electron chi connectivity index (χ4n) is 5.81. The van der Waals surface area contributed by atoms with E-state index in [1.807, 2.05) is 0 Å².